The molecule has 1 aromatic carbocycles. The van der Waals surface area contributed by atoms with E-state index in [2.05, 4.69) is 10.2 Å². The number of halogens is 3. The minimum absolute atomic E-state index is 0.476. The summed E-state index contributed by atoms with van der Waals surface area (Å²) in [6.07, 6.45) is 4.82. The van der Waals surface area contributed by atoms with Gasteiger partial charge in [0.15, 0.2) is 17.5 Å². The van der Waals surface area contributed by atoms with Crippen LogP contribution in [0, 0.1) is 23.4 Å². The van der Waals surface area contributed by atoms with Crippen molar-refractivity contribution in [2.24, 2.45) is 5.92 Å². The lowest BCUT2D eigenvalue weighted by Gasteiger charge is -2.32. The average molecular weight is 298 g/mol. The lowest BCUT2D eigenvalue weighted by molar-refractivity contribution is 0.189. The Balaban J connectivity index is 1.48. The first-order valence-corrected chi connectivity index (χ1v) is 7.71. The number of likely N-dealkylation sites (tertiary alicyclic amines) is 1. The van der Waals surface area contributed by atoms with Gasteiger partial charge >= 0.3 is 0 Å². The van der Waals surface area contributed by atoms with Gasteiger partial charge in [-0.25, -0.2) is 13.2 Å². The second-order valence-electron chi connectivity index (χ2n) is 6.28. The standard InChI is InChI=1S/C16H21F3N2/c17-14-7-12(8-15(18)16(14)19)10-21-5-3-13(4-6-21)20-9-11-1-2-11/h7-8,11,13,20H,1-6,9-10H2. The summed E-state index contributed by atoms with van der Waals surface area (Å²) in [6, 6.07) is 2.75. The fraction of sp³-hybridized carbons (Fsp3) is 0.625. The lowest BCUT2D eigenvalue weighted by atomic mass is 10.0. The molecule has 2 nitrogen and oxygen atoms in total. The van der Waals surface area contributed by atoms with Crippen LogP contribution in [0.25, 0.3) is 0 Å². The number of rotatable bonds is 5. The summed E-state index contributed by atoms with van der Waals surface area (Å²) in [7, 11) is 0. The van der Waals surface area contributed by atoms with Crippen LogP contribution in [-0.4, -0.2) is 30.6 Å². The van der Waals surface area contributed by atoms with Crippen molar-refractivity contribution in [3.8, 4) is 0 Å². The maximum atomic E-state index is 13.2. The SMILES string of the molecule is Fc1cc(CN2CCC(NCC3CC3)CC2)cc(F)c1F. The predicted molar refractivity (Wildman–Crippen MR) is 75.3 cm³/mol. The molecular weight excluding hydrogens is 277 g/mol. The average Bonchev–Trinajstić information content (AvgIpc) is 3.28. The molecular formula is C16H21F3N2. The molecule has 1 aliphatic carbocycles. The summed E-state index contributed by atoms with van der Waals surface area (Å²) in [5.74, 6) is -2.72. The van der Waals surface area contributed by atoms with Crippen molar-refractivity contribution < 1.29 is 13.2 Å². The van der Waals surface area contributed by atoms with Gasteiger partial charge in [-0.3, -0.25) is 4.90 Å². The Labute approximate surface area is 123 Å². The van der Waals surface area contributed by atoms with Gasteiger partial charge in [0.25, 0.3) is 0 Å². The van der Waals surface area contributed by atoms with Gasteiger partial charge in [-0.05, 0) is 68.9 Å². The highest BCUT2D eigenvalue weighted by molar-refractivity contribution is 5.19. The van der Waals surface area contributed by atoms with Crippen LogP contribution in [0.4, 0.5) is 13.2 Å². The van der Waals surface area contributed by atoms with Crippen LogP contribution in [-0.2, 0) is 6.54 Å². The Hall–Kier alpha value is -1.07. The zero-order valence-electron chi connectivity index (χ0n) is 12.0. The zero-order chi connectivity index (χ0) is 14.8. The second-order valence-corrected chi connectivity index (χ2v) is 6.28. The Bertz CT molecular complexity index is 471. The molecule has 21 heavy (non-hydrogen) atoms. The smallest absolute Gasteiger partial charge is 0.194 e. The van der Waals surface area contributed by atoms with Gasteiger partial charge in [-0.1, -0.05) is 0 Å². The highest BCUT2D eigenvalue weighted by Crippen LogP contribution is 2.28. The van der Waals surface area contributed by atoms with E-state index in [-0.39, 0.29) is 0 Å². The summed E-state index contributed by atoms with van der Waals surface area (Å²) in [4.78, 5) is 2.17. The third-order valence-electron chi connectivity index (χ3n) is 4.43. The molecule has 5 heteroatoms. The Morgan fingerprint density at radius 3 is 2.19 bits per heavy atom. The van der Waals surface area contributed by atoms with Crippen LogP contribution >= 0.6 is 0 Å². The lowest BCUT2D eigenvalue weighted by Crippen LogP contribution is -2.42. The second kappa shape index (κ2) is 6.36. The van der Waals surface area contributed by atoms with E-state index in [1.807, 2.05) is 0 Å². The number of hydrogen-bond donors (Lipinski definition) is 1. The largest absolute Gasteiger partial charge is 0.314 e. The summed E-state index contributed by atoms with van der Waals surface area (Å²) in [6.45, 7) is 3.41. The van der Waals surface area contributed by atoms with Gasteiger partial charge in [0, 0.05) is 12.6 Å². The van der Waals surface area contributed by atoms with Crippen LogP contribution < -0.4 is 5.32 Å². The van der Waals surface area contributed by atoms with Crippen LogP contribution in [0.2, 0.25) is 0 Å². The van der Waals surface area contributed by atoms with Gasteiger partial charge in [0.05, 0.1) is 0 Å². The molecule has 0 aromatic heterocycles. The Morgan fingerprint density at radius 2 is 1.62 bits per heavy atom. The molecule has 0 spiro atoms. The van der Waals surface area contributed by atoms with Crippen molar-refractivity contribution in [3.05, 3.63) is 35.1 Å². The maximum Gasteiger partial charge on any atom is 0.194 e. The fourth-order valence-electron chi connectivity index (χ4n) is 2.91. The van der Waals surface area contributed by atoms with E-state index in [9.17, 15) is 13.2 Å². The van der Waals surface area contributed by atoms with Crippen LogP contribution in [0.15, 0.2) is 12.1 Å². The molecule has 0 unspecified atom stereocenters. The summed E-state index contributed by atoms with van der Waals surface area (Å²) in [5, 5.41) is 3.60. The molecule has 1 saturated carbocycles. The Kier molecular flexibility index (Phi) is 4.50. The molecule has 1 aliphatic heterocycles. The van der Waals surface area contributed by atoms with Crippen molar-refractivity contribution in [1.82, 2.24) is 10.2 Å². The van der Waals surface area contributed by atoms with E-state index in [0.717, 1.165) is 50.5 Å². The number of piperidine rings is 1. The van der Waals surface area contributed by atoms with Gasteiger partial charge in [-0.2, -0.15) is 0 Å². The van der Waals surface area contributed by atoms with Gasteiger partial charge < -0.3 is 5.32 Å². The summed E-state index contributed by atoms with van der Waals surface area (Å²) >= 11 is 0. The van der Waals surface area contributed by atoms with Crippen molar-refractivity contribution >= 4 is 0 Å². The van der Waals surface area contributed by atoms with Crippen molar-refractivity contribution in [2.75, 3.05) is 19.6 Å². The zero-order valence-corrected chi connectivity index (χ0v) is 12.0. The van der Waals surface area contributed by atoms with Crippen LogP contribution in [0.1, 0.15) is 31.2 Å². The number of nitrogens with one attached hydrogen (secondary N) is 1. The van der Waals surface area contributed by atoms with Gasteiger partial charge in [0.1, 0.15) is 0 Å². The van der Waals surface area contributed by atoms with E-state index in [1.165, 1.54) is 12.8 Å². The maximum absolute atomic E-state index is 13.2. The van der Waals surface area contributed by atoms with Gasteiger partial charge in [-0.15, -0.1) is 0 Å². The first-order valence-electron chi connectivity index (χ1n) is 7.71. The quantitative estimate of drug-likeness (QED) is 0.841. The van der Waals surface area contributed by atoms with E-state index < -0.39 is 17.5 Å². The first-order chi connectivity index (χ1) is 10.1. The molecule has 116 valence electrons. The third-order valence-corrected chi connectivity index (χ3v) is 4.43. The van der Waals surface area contributed by atoms with Gasteiger partial charge in [0.2, 0.25) is 0 Å². The Morgan fingerprint density at radius 1 is 1.00 bits per heavy atom. The molecule has 0 atom stereocenters. The molecule has 1 saturated heterocycles. The van der Waals surface area contributed by atoms with Crippen LogP contribution in [0.5, 0.6) is 0 Å². The molecule has 0 bridgehead atoms. The number of benzene rings is 1. The topological polar surface area (TPSA) is 15.3 Å². The predicted octanol–water partition coefficient (Wildman–Crippen LogP) is 3.07. The normalized spacial score (nSPS) is 20.9. The highest BCUT2D eigenvalue weighted by Gasteiger charge is 2.24. The summed E-state index contributed by atoms with van der Waals surface area (Å²) in [5.41, 5.74) is 0.496. The number of hydrogen-bond acceptors (Lipinski definition) is 2. The molecule has 1 N–H and O–H groups in total. The van der Waals surface area contributed by atoms with Crippen LogP contribution in [0.3, 0.4) is 0 Å². The van der Waals surface area contributed by atoms with E-state index in [0.29, 0.717) is 18.2 Å². The molecule has 1 heterocycles. The van der Waals surface area contributed by atoms with Crippen molar-refractivity contribution in [3.63, 3.8) is 0 Å². The molecule has 2 fully saturated rings. The minimum atomic E-state index is -1.39. The van der Waals surface area contributed by atoms with E-state index in [4.69, 9.17) is 0 Å². The minimum Gasteiger partial charge on any atom is -0.314 e. The summed E-state index contributed by atoms with van der Waals surface area (Å²) < 4.78 is 39.3. The third kappa shape index (κ3) is 3.98. The molecule has 1 aromatic rings. The van der Waals surface area contributed by atoms with E-state index in [1.54, 1.807) is 0 Å². The monoisotopic (exact) mass is 298 g/mol. The molecule has 0 radical (unpaired) electrons. The molecule has 0 amide bonds. The highest BCUT2D eigenvalue weighted by atomic mass is 19.2. The molecule has 3 rings (SSSR count). The van der Waals surface area contributed by atoms with E-state index >= 15 is 0 Å². The van der Waals surface area contributed by atoms with Crippen molar-refractivity contribution in [2.45, 2.75) is 38.3 Å². The molecule has 2 aliphatic rings. The number of nitrogens with zero attached hydrogens (tertiary/aromatic N) is 1. The van der Waals surface area contributed by atoms with Crippen molar-refractivity contribution in [1.29, 1.82) is 0 Å². The first kappa shape index (κ1) is 14.9. The fourth-order valence-corrected chi connectivity index (χ4v) is 2.91.